The molecule has 124 valence electrons. The van der Waals surface area contributed by atoms with Gasteiger partial charge >= 0.3 is 0 Å². The minimum Gasteiger partial charge on any atom is -0.369 e. The third-order valence-corrected chi connectivity index (χ3v) is 5.47. The van der Waals surface area contributed by atoms with Gasteiger partial charge < -0.3 is 10.3 Å². The minimum absolute atomic E-state index is 0.194. The van der Waals surface area contributed by atoms with Gasteiger partial charge in [0, 0.05) is 32.9 Å². The first-order valence-electron chi connectivity index (χ1n) is 7.56. The highest BCUT2D eigenvalue weighted by Crippen LogP contribution is 2.31. The molecular formula is C18H19N3OS2. The molecule has 0 aliphatic rings. The summed E-state index contributed by atoms with van der Waals surface area (Å²) >= 11 is 3.21. The Bertz CT molecular complexity index is 896. The Kier molecular flexibility index (Phi) is 4.78. The van der Waals surface area contributed by atoms with Crippen LogP contribution in [0.5, 0.6) is 0 Å². The lowest BCUT2D eigenvalue weighted by molar-refractivity contribution is -0.117. The molecule has 1 amide bonds. The van der Waals surface area contributed by atoms with E-state index < -0.39 is 0 Å². The molecule has 0 aliphatic heterocycles. The number of carbonyl (C=O) groups is 1. The summed E-state index contributed by atoms with van der Waals surface area (Å²) in [6, 6.07) is 10.6. The molecule has 0 radical (unpaired) electrons. The Morgan fingerprint density at radius 3 is 2.83 bits per heavy atom. The van der Waals surface area contributed by atoms with Gasteiger partial charge in [-0.2, -0.15) is 0 Å². The van der Waals surface area contributed by atoms with E-state index in [2.05, 4.69) is 60.0 Å². The second-order valence-corrected chi connectivity index (χ2v) is 7.41. The van der Waals surface area contributed by atoms with E-state index in [1.807, 2.05) is 5.38 Å². The summed E-state index contributed by atoms with van der Waals surface area (Å²) < 4.78 is 2.24. The summed E-state index contributed by atoms with van der Waals surface area (Å²) in [6.45, 7) is 4.19. The van der Waals surface area contributed by atoms with E-state index in [-0.39, 0.29) is 12.3 Å². The van der Waals surface area contributed by atoms with E-state index in [4.69, 9.17) is 5.73 Å². The van der Waals surface area contributed by atoms with E-state index in [1.165, 1.54) is 16.2 Å². The first-order valence-corrected chi connectivity index (χ1v) is 9.66. The second kappa shape index (κ2) is 6.83. The molecule has 0 atom stereocenters. The van der Waals surface area contributed by atoms with Gasteiger partial charge in [-0.05, 0) is 44.4 Å². The van der Waals surface area contributed by atoms with Gasteiger partial charge in [0.15, 0.2) is 0 Å². The molecule has 4 nitrogen and oxygen atoms in total. The molecule has 24 heavy (non-hydrogen) atoms. The van der Waals surface area contributed by atoms with Gasteiger partial charge in [0.25, 0.3) is 0 Å². The van der Waals surface area contributed by atoms with Gasteiger partial charge in [0.05, 0.1) is 12.1 Å². The third-order valence-electron chi connectivity index (χ3n) is 3.90. The Morgan fingerprint density at radius 2 is 2.12 bits per heavy atom. The van der Waals surface area contributed by atoms with Crippen LogP contribution in [0.15, 0.2) is 40.6 Å². The lowest BCUT2D eigenvalue weighted by atomic mass is 10.2. The molecule has 2 aromatic heterocycles. The number of primary amides is 1. The molecule has 0 fully saturated rings. The smallest absolute Gasteiger partial charge is 0.224 e. The molecule has 2 heterocycles. The number of nitrogens with zero attached hydrogens (tertiary/aromatic N) is 2. The van der Waals surface area contributed by atoms with Crippen LogP contribution in [0.2, 0.25) is 0 Å². The van der Waals surface area contributed by atoms with Gasteiger partial charge in [-0.3, -0.25) is 4.79 Å². The summed E-state index contributed by atoms with van der Waals surface area (Å²) in [5, 5.41) is 2.74. The Balaban J connectivity index is 2.03. The van der Waals surface area contributed by atoms with Crippen molar-refractivity contribution in [2.75, 3.05) is 6.26 Å². The average Bonchev–Trinajstić information content (AvgIpc) is 3.11. The van der Waals surface area contributed by atoms with E-state index in [1.54, 1.807) is 11.8 Å². The number of aromatic nitrogens is 2. The second-order valence-electron chi connectivity index (χ2n) is 5.59. The maximum Gasteiger partial charge on any atom is 0.224 e. The van der Waals surface area contributed by atoms with Crippen molar-refractivity contribution in [3.05, 3.63) is 52.1 Å². The highest BCUT2D eigenvalue weighted by atomic mass is 32.2. The molecule has 0 bridgehead atoms. The van der Waals surface area contributed by atoms with Crippen LogP contribution >= 0.6 is 23.1 Å². The highest BCUT2D eigenvalue weighted by Gasteiger charge is 2.15. The summed E-state index contributed by atoms with van der Waals surface area (Å²) in [5.41, 5.74) is 10.7. The van der Waals surface area contributed by atoms with Crippen LogP contribution in [0, 0.1) is 13.8 Å². The molecule has 6 heteroatoms. The summed E-state index contributed by atoms with van der Waals surface area (Å²) in [4.78, 5) is 16.9. The quantitative estimate of drug-likeness (QED) is 0.703. The van der Waals surface area contributed by atoms with Crippen LogP contribution in [0.1, 0.15) is 16.4 Å². The lowest BCUT2D eigenvalue weighted by Gasteiger charge is -2.11. The summed E-state index contributed by atoms with van der Waals surface area (Å²) in [5.74, 6) is -0.352. The molecule has 3 rings (SSSR count). The third kappa shape index (κ3) is 3.25. The molecular weight excluding hydrogens is 338 g/mol. The monoisotopic (exact) mass is 357 g/mol. The van der Waals surface area contributed by atoms with Crippen LogP contribution in [0.4, 0.5) is 0 Å². The number of carbonyl (C=O) groups excluding carboxylic acids is 1. The molecule has 2 N–H and O–H groups in total. The number of thiazole rings is 1. The fraction of sp³-hybridized carbons (Fsp3) is 0.222. The zero-order valence-corrected chi connectivity index (χ0v) is 15.5. The number of aryl methyl sites for hydroxylation is 1. The standard InChI is InChI=1S/C18H19N3OS2/c1-11-7-15(16-10-24-18(20-16)9-17(19)22)12(2)21(11)13-5-4-6-14(8-13)23-3/h4-8,10H,9H2,1-3H3,(H2,19,22). The molecule has 0 saturated carbocycles. The van der Waals surface area contributed by atoms with Crippen LogP contribution in [0.25, 0.3) is 16.9 Å². The van der Waals surface area contributed by atoms with Crippen LogP contribution in [-0.2, 0) is 11.2 Å². The van der Waals surface area contributed by atoms with Gasteiger partial charge in [-0.25, -0.2) is 4.98 Å². The van der Waals surface area contributed by atoms with Crippen molar-refractivity contribution in [3.63, 3.8) is 0 Å². The van der Waals surface area contributed by atoms with E-state index >= 15 is 0 Å². The lowest BCUT2D eigenvalue weighted by Crippen LogP contribution is -2.13. The largest absolute Gasteiger partial charge is 0.369 e. The molecule has 0 unspecified atom stereocenters. The minimum atomic E-state index is -0.352. The SMILES string of the molecule is CSc1cccc(-n2c(C)cc(-c3csc(CC(N)=O)n3)c2C)c1. The molecule has 0 saturated heterocycles. The molecule has 0 spiro atoms. The average molecular weight is 358 g/mol. The van der Waals surface area contributed by atoms with Crippen molar-refractivity contribution in [2.45, 2.75) is 25.2 Å². The van der Waals surface area contributed by atoms with Crippen molar-refractivity contribution in [1.29, 1.82) is 0 Å². The van der Waals surface area contributed by atoms with Gasteiger partial charge in [-0.1, -0.05) is 6.07 Å². The normalized spacial score (nSPS) is 11.0. The van der Waals surface area contributed by atoms with Gasteiger partial charge in [-0.15, -0.1) is 23.1 Å². The number of nitrogens with two attached hydrogens (primary N) is 1. The van der Waals surface area contributed by atoms with Crippen molar-refractivity contribution in [3.8, 4) is 16.9 Å². The zero-order chi connectivity index (χ0) is 17.3. The molecule has 3 aromatic rings. The van der Waals surface area contributed by atoms with Crippen LogP contribution in [0.3, 0.4) is 0 Å². The molecule has 0 aliphatic carbocycles. The van der Waals surface area contributed by atoms with Gasteiger partial charge in [0.1, 0.15) is 5.01 Å². The fourth-order valence-electron chi connectivity index (χ4n) is 2.83. The van der Waals surface area contributed by atoms with E-state index in [0.717, 1.165) is 33.3 Å². The van der Waals surface area contributed by atoms with Crippen molar-refractivity contribution in [1.82, 2.24) is 9.55 Å². The zero-order valence-electron chi connectivity index (χ0n) is 13.9. The van der Waals surface area contributed by atoms with E-state index in [0.29, 0.717) is 0 Å². The predicted octanol–water partition coefficient (Wildman–Crippen LogP) is 3.97. The Labute approximate surface area is 149 Å². The van der Waals surface area contributed by atoms with Crippen molar-refractivity contribution < 1.29 is 4.79 Å². The number of hydrogen-bond donors (Lipinski definition) is 1. The van der Waals surface area contributed by atoms with Crippen LogP contribution in [-0.4, -0.2) is 21.7 Å². The molecule has 1 aromatic carbocycles. The Morgan fingerprint density at radius 1 is 1.33 bits per heavy atom. The summed E-state index contributed by atoms with van der Waals surface area (Å²) in [7, 11) is 0. The van der Waals surface area contributed by atoms with E-state index in [9.17, 15) is 4.79 Å². The Hall–Kier alpha value is -2.05. The first-order chi connectivity index (χ1) is 11.5. The maximum atomic E-state index is 11.1. The summed E-state index contributed by atoms with van der Waals surface area (Å²) in [6.07, 6.45) is 2.27. The number of benzene rings is 1. The number of thioether (sulfide) groups is 1. The topological polar surface area (TPSA) is 60.9 Å². The highest BCUT2D eigenvalue weighted by molar-refractivity contribution is 7.98. The number of amides is 1. The number of rotatable bonds is 5. The predicted molar refractivity (Wildman–Crippen MR) is 101 cm³/mol. The van der Waals surface area contributed by atoms with Crippen molar-refractivity contribution >= 4 is 29.0 Å². The van der Waals surface area contributed by atoms with Crippen LogP contribution < -0.4 is 5.73 Å². The van der Waals surface area contributed by atoms with Gasteiger partial charge in [0.2, 0.25) is 5.91 Å². The first kappa shape index (κ1) is 16.8. The maximum absolute atomic E-state index is 11.1. The number of hydrogen-bond acceptors (Lipinski definition) is 4. The fourth-order valence-corrected chi connectivity index (χ4v) is 4.09. The van der Waals surface area contributed by atoms with Crippen molar-refractivity contribution in [2.24, 2.45) is 5.73 Å².